The molecule has 0 spiro atoms. The number of phenolic OH excluding ortho intramolecular Hbond substituents is 1. The average Bonchev–Trinajstić information content (AvgIpc) is 2.60. The van der Waals surface area contributed by atoms with Gasteiger partial charge in [-0.05, 0) is 30.2 Å². The van der Waals surface area contributed by atoms with Crippen molar-refractivity contribution in [2.45, 2.75) is 19.3 Å². The first-order chi connectivity index (χ1) is 13.6. The van der Waals surface area contributed by atoms with Crippen molar-refractivity contribution in [1.29, 1.82) is 0 Å². The van der Waals surface area contributed by atoms with Crippen molar-refractivity contribution in [3.63, 3.8) is 0 Å². The minimum absolute atomic E-state index is 0.0465. The number of aliphatic hydroxyl groups excluding tert-OH is 2. The largest absolute Gasteiger partial charge is 0.511 e. The molecule has 0 heterocycles. The molecule has 0 saturated heterocycles. The molecular weight excluding hydrogens is 384 g/mol. The van der Waals surface area contributed by atoms with Gasteiger partial charge in [0.25, 0.3) is 5.91 Å². The van der Waals surface area contributed by atoms with Crippen LogP contribution in [-0.4, -0.2) is 37.7 Å². The Morgan fingerprint density at radius 2 is 1.86 bits per heavy atom. The fourth-order valence-corrected chi connectivity index (χ4v) is 4.75. The monoisotopic (exact) mass is 400 g/mol. The van der Waals surface area contributed by atoms with E-state index in [1.165, 1.54) is 6.07 Å². The predicted molar refractivity (Wildman–Crippen MR) is 96.0 cm³/mol. The molecule has 3 unspecified atom stereocenters. The Morgan fingerprint density at radius 3 is 2.48 bits per heavy atom. The van der Waals surface area contributed by atoms with Gasteiger partial charge in [-0.2, -0.15) is 0 Å². The van der Waals surface area contributed by atoms with E-state index in [0.717, 1.165) is 6.07 Å². The summed E-state index contributed by atoms with van der Waals surface area (Å²) in [5.74, 6) is -6.78. The highest BCUT2D eigenvalue weighted by Crippen LogP contribution is 2.50. The van der Waals surface area contributed by atoms with Crippen LogP contribution in [0.25, 0.3) is 0 Å². The summed E-state index contributed by atoms with van der Waals surface area (Å²) in [4.78, 5) is 47.5. The number of benzene rings is 1. The minimum Gasteiger partial charge on any atom is -0.511 e. The van der Waals surface area contributed by atoms with Crippen LogP contribution >= 0.6 is 0 Å². The highest BCUT2D eigenvalue weighted by molar-refractivity contribution is 6.22. The van der Waals surface area contributed by atoms with Gasteiger partial charge in [-0.25, -0.2) is 0 Å². The van der Waals surface area contributed by atoms with E-state index in [1.54, 1.807) is 0 Å². The van der Waals surface area contributed by atoms with E-state index in [9.17, 15) is 39.8 Å². The molecule has 29 heavy (non-hydrogen) atoms. The zero-order chi connectivity index (χ0) is 21.2. The molecule has 0 bridgehead atoms. The Bertz CT molecular complexity index is 1080. The highest BCUT2D eigenvalue weighted by atomic mass is 16.6. The van der Waals surface area contributed by atoms with Crippen LogP contribution in [0.3, 0.4) is 0 Å². The number of hydrogen-bond donors (Lipinski definition) is 4. The summed E-state index contributed by atoms with van der Waals surface area (Å²) in [6, 6.07) is 2.50. The van der Waals surface area contributed by atoms with Gasteiger partial charge in [-0.1, -0.05) is 6.07 Å². The fraction of sp³-hybridized carbons (Fsp3) is 0.316. The summed E-state index contributed by atoms with van der Waals surface area (Å²) in [6.45, 7) is 0. The molecule has 10 heteroatoms. The van der Waals surface area contributed by atoms with Crippen LogP contribution in [0.15, 0.2) is 34.8 Å². The van der Waals surface area contributed by atoms with Gasteiger partial charge >= 0.3 is 5.69 Å². The second-order valence-corrected chi connectivity index (χ2v) is 7.48. The number of nitro benzene ring substituents is 1. The fourth-order valence-electron chi connectivity index (χ4n) is 4.75. The molecule has 3 aliphatic carbocycles. The normalized spacial score (nSPS) is 26.0. The van der Waals surface area contributed by atoms with Crippen molar-refractivity contribution in [2.75, 3.05) is 0 Å². The number of aromatic hydroxyl groups is 1. The van der Waals surface area contributed by atoms with Gasteiger partial charge in [-0.3, -0.25) is 24.5 Å². The van der Waals surface area contributed by atoms with Crippen LogP contribution in [0, 0.1) is 27.9 Å². The highest BCUT2D eigenvalue weighted by Gasteiger charge is 2.50. The lowest BCUT2D eigenvalue weighted by Crippen LogP contribution is -2.43. The first-order valence-corrected chi connectivity index (χ1v) is 8.86. The number of phenols is 1. The van der Waals surface area contributed by atoms with Crippen LogP contribution in [0.2, 0.25) is 0 Å². The third kappa shape index (κ3) is 2.52. The number of amides is 1. The molecule has 4 rings (SSSR count). The third-order valence-corrected chi connectivity index (χ3v) is 5.93. The van der Waals surface area contributed by atoms with Crippen LogP contribution in [0.5, 0.6) is 5.75 Å². The summed E-state index contributed by atoms with van der Waals surface area (Å²) in [6.07, 6.45) is 0.445. The number of nitrogens with zero attached hydrogens (tertiary/aromatic N) is 1. The lowest BCUT2D eigenvalue weighted by molar-refractivity contribution is -0.385. The number of aliphatic hydroxyl groups is 2. The number of rotatable bonds is 2. The molecule has 3 aliphatic rings. The molecule has 1 aromatic rings. The Kier molecular flexibility index (Phi) is 3.96. The Hall–Kier alpha value is -3.69. The van der Waals surface area contributed by atoms with Crippen molar-refractivity contribution in [2.24, 2.45) is 23.5 Å². The van der Waals surface area contributed by atoms with Gasteiger partial charge in [0.2, 0.25) is 5.75 Å². The topological polar surface area (TPSA) is 181 Å². The summed E-state index contributed by atoms with van der Waals surface area (Å²) in [5.41, 5.74) is 3.95. The van der Waals surface area contributed by atoms with Gasteiger partial charge in [-0.15, -0.1) is 0 Å². The van der Waals surface area contributed by atoms with E-state index in [0.29, 0.717) is 5.56 Å². The maximum Gasteiger partial charge on any atom is 0.311 e. The zero-order valence-electron chi connectivity index (χ0n) is 14.9. The van der Waals surface area contributed by atoms with Crippen molar-refractivity contribution in [3.8, 4) is 5.75 Å². The van der Waals surface area contributed by atoms with Gasteiger partial charge in [0.1, 0.15) is 17.1 Å². The number of fused-ring (bicyclic) bond motifs is 3. The zero-order valence-corrected chi connectivity index (χ0v) is 14.9. The van der Waals surface area contributed by atoms with Gasteiger partial charge < -0.3 is 21.1 Å². The average molecular weight is 400 g/mol. The Labute approximate surface area is 163 Å². The molecule has 0 aromatic heterocycles. The number of ketones is 2. The first kappa shape index (κ1) is 18.7. The molecule has 1 aromatic carbocycles. The molecule has 0 fully saturated rings. The lowest BCUT2D eigenvalue weighted by atomic mass is 9.62. The van der Waals surface area contributed by atoms with Crippen LogP contribution < -0.4 is 5.73 Å². The predicted octanol–water partition coefficient (Wildman–Crippen LogP) is 1.37. The molecule has 3 atom stereocenters. The van der Waals surface area contributed by atoms with Crippen LogP contribution in [0.4, 0.5) is 5.69 Å². The Morgan fingerprint density at radius 1 is 1.17 bits per heavy atom. The SMILES string of the molecule is NC(=O)C1=C(O)CC2CC3Cc4ccc([N+](=O)[O-])c(O)c4C(=O)C3=C(O)C2C1=O. The van der Waals surface area contributed by atoms with E-state index < -0.39 is 68.7 Å². The Balaban J connectivity index is 1.85. The quantitative estimate of drug-likeness (QED) is 0.326. The van der Waals surface area contributed by atoms with Crippen molar-refractivity contribution in [3.05, 3.63) is 56.0 Å². The molecule has 1 amide bonds. The van der Waals surface area contributed by atoms with Gasteiger partial charge in [0.05, 0.1) is 16.4 Å². The first-order valence-electron chi connectivity index (χ1n) is 8.86. The molecule has 10 nitrogen and oxygen atoms in total. The standard InChI is InChI=1S/C19H16N2O8/c20-19(27)14-10(22)5-8-4-7-3-6-1-2-9(21(28)29)15(23)11(6)16(24)12(7)17(25)13(8)18(14)26/h1-2,7-8,13,22-23,25H,3-5H2,(H2,20,27). The van der Waals surface area contributed by atoms with E-state index in [1.807, 2.05) is 0 Å². The summed E-state index contributed by atoms with van der Waals surface area (Å²) in [7, 11) is 0. The van der Waals surface area contributed by atoms with E-state index >= 15 is 0 Å². The molecule has 5 N–H and O–H groups in total. The second-order valence-electron chi connectivity index (χ2n) is 7.48. The van der Waals surface area contributed by atoms with Gasteiger partial charge in [0.15, 0.2) is 11.6 Å². The lowest BCUT2D eigenvalue weighted by Gasteiger charge is -2.40. The number of allylic oxidation sites excluding steroid dienone is 3. The maximum absolute atomic E-state index is 13.1. The molecule has 0 aliphatic heterocycles. The number of nitro groups is 1. The van der Waals surface area contributed by atoms with Crippen LogP contribution in [-0.2, 0) is 16.0 Å². The number of Topliss-reactive ketones (excluding diaryl/α,β-unsaturated/α-hetero) is 2. The number of primary amides is 1. The van der Waals surface area contributed by atoms with Crippen molar-refractivity contribution < 1.29 is 34.6 Å². The molecular formula is C19H16N2O8. The molecule has 0 saturated carbocycles. The van der Waals surface area contributed by atoms with Crippen LogP contribution in [0.1, 0.15) is 28.8 Å². The van der Waals surface area contributed by atoms with Crippen molar-refractivity contribution in [1.82, 2.24) is 0 Å². The van der Waals surface area contributed by atoms with E-state index in [4.69, 9.17) is 5.73 Å². The third-order valence-electron chi connectivity index (χ3n) is 5.93. The summed E-state index contributed by atoms with van der Waals surface area (Å²) in [5, 5.41) is 42.2. The van der Waals surface area contributed by atoms with E-state index in [2.05, 4.69) is 0 Å². The maximum atomic E-state index is 13.1. The number of carbonyl (C=O) groups is 3. The minimum atomic E-state index is -1.22. The number of nitrogens with two attached hydrogens (primary N) is 1. The summed E-state index contributed by atoms with van der Waals surface area (Å²) < 4.78 is 0. The number of hydrogen-bond acceptors (Lipinski definition) is 8. The molecule has 0 radical (unpaired) electrons. The summed E-state index contributed by atoms with van der Waals surface area (Å²) >= 11 is 0. The van der Waals surface area contributed by atoms with Crippen molar-refractivity contribution >= 4 is 23.2 Å². The van der Waals surface area contributed by atoms with Gasteiger partial charge in [0, 0.05) is 18.1 Å². The van der Waals surface area contributed by atoms with E-state index in [-0.39, 0.29) is 30.4 Å². The second kappa shape index (κ2) is 6.16. The molecule has 150 valence electrons. The number of carbonyl (C=O) groups excluding carboxylic acids is 3. The smallest absolute Gasteiger partial charge is 0.311 e.